The summed E-state index contributed by atoms with van der Waals surface area (Å²) in [5.41, 5.74) is 0.543. The third kappa shape index (κ3) is 2.64. The van der Waals surface area contributed by atoms with Crippen LogP contribution in [0.15, 0.2) is 31.1 Å². The first-order valence-corrected chi connectivity index (χ1v) is 7.61. The normalized spacial score (nSPS) is 21.7. The molecule has 0 saturated carbocycles. The summed E-state index contributed by atoms with van der Waals surface area (Å²) in [5, 5.41) is 0. The molecule has 0 aliphatic carbocycles. The predicted molar refractivity (Wildman–Crippen MR) is 69.1 cm³/mol. The van der Waals surface area contributed by atoms with Gasteiger partial charge in [0.15, 0.2) is 9.84 Å². The number of carbonyl (C=O) groups is 1. The lowest BCUT2D eigenvalue weighted by Crippen LogP contribution is -2.41. The summed E-state index contributed by atoms with van der Waals surface area (Å²) in [6.07, 6.45) is 5.41. The van der Waals surface area contributed by atoms with Gasteiger partial charge in [-0.25, -0.2) is 8.42 Å². The largest absolute Gasteiger partial charge is 0.367 e. The molecule has 0 bridgehead atoms. The molecule has 1 N–H and O–H groups in total. The van der Waals surface area contributed by atoms with Crippen LogP contribution in [0.4, 0.5) is 0 Å². The molecule has 1 aliphatic heterocycles. The molecule has 6 heteroatoms. The van der Waals surface area contributed by atoms with Crippen molar-refractivity contribution in [1.82, 2.24) is 9.88 Å². The van der Waals surface area contributed by atoms with Crippen molar-refractivity contribution in [2.75, 3.05) is 18.1 Å². The summed E-state index contributed by atoms with van der Waals surface area (Å²) < 4.78 is 23.0. The van der Waals surface area contributed by atoms with Crippen LogP contribution in [0.25, 0.3) is 0 Å². The van der Waals surface area contributed by atoms with E-state index in [2.05, 4.69) is 11.6 Å². The van der Waals surface area contributed by atoms with Crippen molar-refractivity contribution in [2.24, 2.45) is 0 Å². The third-order valence-corrected chi connectivity index (χ3v) is 4.83. The minimum atomic E-state index is -3.00. The highest BCUT2D eigenvalue weighted by atomic mass is 32.2. The van der Waals surface area contributed by atoms with Crippen LogP contribution in [0.1, 0.15) is 16.8 Å². The SMILES string of the molecule is C=CCN(C(=O)c1cc[nH]c1)C1CCS(=O)(=O)C1. The number of rotatable bonds is 4. The van der Waals surface area contributed by atoms with E-state index in [0.717, 1.165) is 0 Å². The van der Waals surface area contributed by atoms with Gasteiger partial charge >= 0.3 is 0 Å². The second-order valence-electron chi connectivity index (χ2n) is 4.40. The number of amides is 1. The van der Waals surface area contributed by atoms with E-state index in [-0.39, 0.29) is 23.5 Å². The lowest BCUT2D eigenvalue weighted by Gasteiger charge is -2.26. The highest BCUT2D eigenvalue weighted by Crippen LogP contribution is 2.19. The fourth-order valence-electron chi connectivity index (χ4n) is 2.18. The van der Waals surface area contributed by atoms with Crippen LogP contribution in [-0.2, 0) is 9.84 Å². The molecular formula is C12H16N2O3S. The minimum absolute atomic E-state index is 0.0526. The lowest BCUT2D eigenvalue weighted by molar-refractivity contribution is 0.0721. The Balaban J connectivity index is 2.19. The van der Waals surface area contributed by atoms with Crippen LogP contribution in [0.3, 0.4) is 0 Å². The quantitative estimate of drug-likeness (QED) is 0.822. The monoisotopic (exact) mass is 268 g/mol. The molecule has 1 aromatic rings. The van der Waals surface area contributed by atoms with Crippen molar-refractivity contribution in [1.29, 1.82) is 0 Å². The standard InChI is InChI=1S/C12H16N2O3S/c1-2-6-14(11-4-7-18(16,17)9-11)12(15)10-3-5-13-8-10/h2-3,5,8,11,13H,1,4,6-7,9H2. The van der Waals surface area contributed by atoms with Crippen molar-refractivity contribution in [3.05, 3.63) is 36.7 Å². The lowest BCUT2D eigenvalue weighted by atomic mass is 10.2. The maximum Gasteiger partial charge on any atom is 0.255 e. The van der Waals surface area contributed by atoms with Gasteiger partial charge in [0, 0.05) is 25.0 Å². The highest BCUT2D eigenvalue weighted by molar-refractivity contribution is 7.91. The topological polar surface area (TPSA) is 70.2 Å². The fraction of sp³-hybridized carbons (Fsp3) is 0.417. The van der Waals surface area contributed by atoms with Gasteiger partial charge < -0.3 is 9.88 Å². The molecule has 5 nitrogen and oxygen atoms in total. The van der Waals surface area contributed by atoms with E-state index >= 15 is 0 Å². The molecule has 0 spiro atoms. The van der Waals surface area contributed by atoms with Gasteiger partial charge in [-0.2, -0.15) is 0 Å². The molecule has 1 aromatic heterocycles. The Morgan fingerprint density at radius 1 is 1.61 bits per heavy atom. The smallest absolute Gasteiger partial charge is 0.255 e. The first kappa shape index (κ1) is 12.9. The Hall–Kier alpha value is -1.56. The number of hydrogen-bond donors (Lipinski definition) is 1. The molecule has 1 atom stereocenters. The molecule has 0 aromatic carbocycles. The van der Waals surface area contributed by atoms with Crippen molar-refractivity contribution < 1.29 is 13.2 Å². The van der Waals surface area contributed by atoms with Gasteiger partial charge in [-0.3, -0.25) is 4.79 Å². The Morgan fingerprint density at radius 3 is 2.89 bits per heavy atom. The third-order valence-electron chi connectivity index (χ3n) is 3.08. The van der Waals surface area contributed by atoms with Gasteiger partial charge in [0.2, 0.25) is 0 Å². The second kappa shape index (κ2) is 4.97. The zero-order valence-electron chi connectivity index (χ0n) is 10.0. The maximum absolute atomic E-state index is 12.3. The number of aromatic nitrogens is 1. The van der Waals surface area contributed by atoms with Crippen LogP contribution >= 0.6 is 0 Å². The maximum atomic E-state index is 12.3. The zero-order chi connectivity index (χ0) is 13.2. The van der Waals surface area contributed by atoms with Crippen molar-refractivity contribution in [2.45, 2.75) is 12.5 Å². The molecule has 1 amide bonds. The van der Waals surface area contributed by atoms with Gasteiger partial charge in [0.1, 0.15) is 0 Å². The van der Waals surface area contributed by atoms with Gasteiger partial charge in [0.25, 0.3) is 5.91 Å². The number of sulfone groups is 1. The first-order valence-electron chi connectivity index (χ1n) is 5.78. The van der Waals surface area contributed by atoms with Crippen LogP contribution in [0.5, 0.6) is 0 Å². The average Bonchev–Trinajstić information content (AvgIpc) is 2.94. The Labute approximate surface area is 106 Å². The Kier molecular flexibility index (Phi) is 3.56. The van der Waals surface area contributed by atoms with Crippen LogP contribution in [0, 0.1) is 0 Å². The summed E-state index contributed by atoms with van der Waals surface area (Å²) in [5.74, 6) is 0.0566. The number of hydrogen-bond acceptors (Lipinski definition) is 3. The number of H-pyrrole nitrogens is 1. The second-order valence-corrected chi connectivity index (χ2v) is 6.63. The molecule has 2 heterocycles. The van der Waals surface area contributed by atoms with E-state index < -0.39 is 9.84 Å². The van der Waals surface area contributed by atoms with Crippen LogP contribution in [-0.4, -0.2) is 48.3 Å². The van der Waals surface area contributed by atoms with Gasteiger partial charge in [-0.05, 0) is 12.5 Å². The molecule has 0 radical (unpaired) electrons. The summed E-state index contributed by atoms with van der Waals surface area (Å²) in [4.78, 5) is 16.7. The molecule has 98 valence electrons. The van der Waals surface area contributed by atoms with E-state index in [1.165, 1.54) is 0 Å². The number of nitrogens with zero attached hydrogens (tertiary/aromatic N) is 1. The van der Waals surface area contributed by atoms with E-state index in [1.807, 2.05) is 0 Å². The molecule has 2 rings (SSSR count). The number of nitrogens with one attached hydrogen (secondary N) is 1. The van der Waals surface area contributed by atoms with Crippen molar-refractivity contribution >= 4 is 15.7 Å². The van der Waals surface area contributed by atoms with Gasteiger partial charge in [-0.1, -0.05) is 6.08 Å². The Bertz CT molecular complexity index is 534. The van der Waals surface area contributed by atoms with Crippen molar-refractivity contribution in [3.63, 3.8) is 0 Å². The number of aromatic amines is 1. The van der Waals surface area contributed by atoms with E-state index in [4.69, 9.17) is 0 Å². The van der Waals surface area contributed by atoms with E-state index in [0.29, 0.717) is 18.5 Å². The average molecular weight is 268 g/mol. The van der Waals surface area contributed by atoms with E-state index in [9.17, 15) is 13.2 Å². The summed E-state index contributed by atoms with van der Waals surface area (Å²) in [6.45, 7) is 3.99. The molecule has 1 aliphatic rings. The predicted octanol–water partition coefficient (Wildman–Crippen LogP) is 0.830. The molecule has 18 heavy (non-hydrogen) atoms. The highest BCUT2D eigenvalue weighted by Gasteiger charge is 2.34. The Morgan fingerprint density at radius 2 is 2.39 bits per heavy atom. The summed E-state index contributed by atoms with van der Waals surface area (Å²) >= 11 is 0. The molecule has 1 unspecified atom stereocenters. The molecule has 1 fully saturated rings. The van der Waals surface area contributed by atoms with Crippen LogP contribution in [0.2, 0.25) is 0 Å². The van der Waals surface area contributed by atoms with Crippen LogP contribution < -0.4 is 0 Å². The zero-order valence-corrected chi connectivity index (χ0v) is 10.8. The van der Waals surface area contributed by atoms with Crippen molar-refractivity contribution in [3.8, 4) is 0 Å². The summed E-state index contributed by atoms with van der Waals surface area (Å²) in [6, 6.07) is 1.44. The van der Waals surface area contributed by atoms with Gasteiger partial charge in [-0.15, -0.1) is 6.58 Å². The molecular weight excluding hydrogens is 252 g/mol. The minimum Gasteiger partial charge on any atom is -0.367 e. The van der Waals surface area contributed by atoms with E-state index in [1.54, 1.807) is 29.4 Å². The first-order chi connectivity index (χ1) is 8.53. The fourth-order valence-corrected chi connectivity index (χ4v) is 3.91. The number of carbonyl (C=O) groups excluding carboxylic acids is 1. The molecule has 1 saturated heterocycles. The van der Waals surface area contributed by atoms with Gasteiger partial charge in [0.05, 0.1) is 17.1 Å². The summed E-state index contributed by atoms with van der Waals surface area (Å²) in [7, 11) is -3.00.